The van der Waals surface area contributed by atoms with Gasteiger partial charge in [0.25, 0.3) is 5.91 Å². The summed E-state index contributed by atoms with van der Waals surface area (Å²) in [6, 6.07) is 5.65. The van der Waals surface area contributed by atoms with Gasteiger partial charge in [-0.2, -0.15) is 0 Å². The summed E-state index contributed by atoms with van der Waals surface area (Å²) in [5, 5.41) is 21.0. The van der Waals surface area contributed by atoms with Crippen LogP contribution in [0.1, 0.15) is 53.6 Å². The van der Waals surface area contributed by atoms with Crippen LogP contribution in [0, 0.1) is 13.8 Å². The number of fused-ring (bicyclic) bond motifs is 3. The number of carbonyl (C=O) groups excluding carboxylic acids is 5. The molecule has 6 atom stereocenters. The van der Waals surface area contributed by atoms with Crippen LogP contribution in [0.3, 0.4) is 0 Å². The highest BCUT2D eigenvalue weighted by Crippen LogP contribution is 2.24. The first kappa shape index (κ1) is 33.1. The number of carbonyl (C=O) groups is 5. The fourth-order valence-corrected chi connectivity index (χ4v) is 6.39. The minimum atomic E-state index is -1.23. The molecular formula is C32H42N6O8. The standard InChI is InChI=1S/C32H42N6O8/c1-18-27(20(3)46-35-18)32(44)37-16-25-28(40)22(12-14-45-25)33-30(42)23(15-21-9-6-5-7-10-21)34-29(41)19(2)36(4)31(43)24-11-8-13-38(24)26(39)17-37/h5-7,9-10,19,22-25,28,40H,8,11-17H2,1-4H3,(H,33,42)(H,34,41)/t19-,22-,23-,24-,25+,28-/m0/s1. The average Bonchev–Trinajstić information content (AvgIpc) is 3.67. The second-order valence-corrected chi connectivity index (χ2v) is 12.3. The number of aliphatic hydroxyl groups is 1. The molecule has 3 aliphatic heterocycles. The molecular weight excluding hydrogens is 596 g/mol. The third-order valence-corrected chi connectivity index (χ3v) is 9.22. The molecule has 0 aliphatic carbocycles. The zero-order valence-electron chi connectivity index (χ0n) is 26.6. The summed E-state index contributed by atoms with van der Waals surface area (Å²) >= 11 is 0. The van der Waals surface area contributed by atoms with Crippen LogP contribution < -0.4 is 10.6 Å². The predicted molar refractivity (Wildman–Crippen MR) is 163 cm³/mol. The van der Waals surface area contributed by atoms with Gasteiger partial charge in [-0.1, -0.05) is 35.5 Å². The molecule has 3 N–H and O–H groups in total. The summed E-state index contributed by atoms with van der Waals surface area (Å²) in [6.07, 6.45) is -0.753. The third-order valence-electron chi connectivity index (χ3n) is 9.22. The van der Waals surface area contributed by atoms with Gasteiger partial charge in [-0.25, -0.2) is 0 Å². The van der Waals surface area contributed by atoms with Gasteiger partial charge >= 0.3 is 0 Å². The molecule has 2 aromatic rings. The smallest absolute Gasteiger partial charge is 0.259 e. The Labute approximate surface area is 267 Å². The molecule has 1 aromatic heterocycles. The Hall–Kier alpha value is -4.30. The Morgan fingerprint density at radius 1 is 1.07 bits per heavy atom. The minimum absolute atomic E-state index is 0.171. The van der Waals surface area contributed by atoms with Gasteiger partial charge in [0, 0.05) is 26.6 Å². The highest BCUT2D eigenvalue weighted by Gasteiger charge is 2.42. The zero-order valence-corrected chi connectivity index (χ0v) is 26.6. The van der Waals surface area contributed by atoms with Crippen molar-refractivity contribution in [3.8, 4) is 0 Å². The van der Waals surface area contributed by atoms with Crippen LogP contribution >= 0.6 is 0 Å². The van der Waals surface area contributed by atoms with E-state index in [2.05, 4.69) is 15.8 Å². The summed E-state index contributed by atoms with van der Waals surface area (Å²) in [5.41, 5.74) is 1.36. The van der Waals surface area contributed by atoms with Gasteiger partial charge in [0.05, 0.1) is 18.3 Å². The van der Waals surface area contributed by atoms with Crippen LogP contribution in [0.2, 0.25) is 0 Å². The number of hydrogen-bond acceptors (Lipinski definition) is 9. The number of nitrogens with one attached hydrogen (secondary N) is 2. The molecule has 0 radical (unpaired) electrons. The maximum Gasteiger partial charge on any atom is 0.259 e. The number of aromatic nitrogens is 1. The fourth-order valence-electron chi connectivity index (χ4n) is 6.39. The van der Waals surface area contributed by atoms with Crippen molar-refractivity contribution < 1.29 is 38.3 Å². The molecule has 0 unspecified atom stereocenters. The summed E-state index contributed by atoms with van der Waals surface area (Å²) < 4.78 is 11.1. The molecule has 0 spiro atoms. The number of aliphatic hydroxyl groups excluding tert-OH is 1. The molecule has 5 rings (SSSR count). The number of hydrogen-bond donors (Lipinski definition) is 3. The van der Waals surface area contributed by atoms with E-state index in [1.807, 2.05) is 30.3 Å². The lowest BCUT2D eigenvalue weighted by Crippen LogP contribution is -2.60. The highest BCUT2D eigenvalue weighted by molar-refractivity contribution is 5.99. The first-order chi connectivity index (χ1) is 22.0. The van der Waals surface area contributed by atoms with Crippen molar-refractivity contribution in [3.63, 3.8) is 0 Å². The summed E-state index contributed by atoms with van der Waals surface area (Å²) in [6.45, 7) is 4.70. The lowest BCUT2D eigenvalue weighted by atomic mass is 9.97. The maximum absolute atomic E-state index is 13.9. The van der Waals surface area contributed by atoms with Crippen LogP contribution in [0.5, 0.6) is 0 Å². The number of nitrogens with zero attached hydrogens (tertiary/aromatic N) is 4. The summed E-state index contributed by atoms with van der Waals surface area (Å²) in [5.74, 6) is -2.17. The molecule has 3 saturated heterocycles. The number of ether oxygens (including phenoxy) is 1. The quantitative estimate of drug-likeness (QED) is 0.416. The molecule has 2 bridgehead atoms. The van der Waals surface area contributed by atoms with Gasteiger partial charge in [0.1, 0.15) is 48.2 Å². The predicted octanol–water partition coefficient (Wildman–Crippen LogP) is -0.0528. The topological polar surface area (TPSA) is 175 Å². The van der Waals surface area contributed by atoms with Crippen LogP contribution in [0.4, 0.5) is 0 Å². The molecule has 14 nitrogen and oxygen atoms in total. The van der Waals surface area contributed by atoms with Gasteiger partial charge in [0.2, 0.25) is 23.6 Å². The van der Waals surface area contributed by atoms with Gasteiger partial charge < -0.3 is 39.7 Å². The van der Waals surface area contributed by atoms with Crippen molar-refractivity contribution in [1.29, 1.82) is 0 Å². The summed E-state index contributed by atoms with van der Waals surface area (Å²) in [4.78, 5) is 72.6. The molecule has 46 heavy (non-hydrogen) atoms. The van der Waals surface area contributed by atoms with Crippen molar-refractivity contribution in [1.82, 2.24) is 30.5 Å². The monoisotopic (exact) mass is 638 g/mol. The number of amides is 5. The molecule has 0 saturated carbocycles. The third kappa shape index (κ3) is 6.92. The van der Waals surface area contributed by atoms with E-state index >= 15 is 0 Å². The van der Waals surface area contributed by atoms with Crippen LogP contribution in [0.25, 0.3) is 0 Å². The van der Waals surface area contributed by atoms with E-state index in [1.165, 1.54) is 21.7 Å². The van der Waals surface area contributed by atoms with Gasteiger partial charge in [-0.05, 0) is 45.6 Å². The van der Waals surface area contributed by atoms with E-state index in [0.29, 0.717) is 25.1 Å². The first-order valence-corrected chi connectivity index (χ1v) is 15.7. The maximum atomic E-state index is 13.9. The Morgan fingerprint density at radius 2 is 1.80 bits per heavy atom. The molecule has 248 valence electrons. The lowest BCUT2D eigenvalue weighted by Gasteiger charge is -2.38. The second-order valence-electron chi connectivity index (χ2n) is 12.3. The van der Waals surface area contributed by atoms with E-state index in [1.54, 1.807) is 20.8 Å². The first-order valence-electron chi connectivity index (χ1n) is 15.7. The molecule has 14 heteroatoms. The molecule has 1 aromatic carbocycles. The highest BCUT2D eigenvalue weighted by atomic mass is 16.5. The number of rotatable bonds is 3. The van der Waals surface area contributed by atoms with Gasteiger partial charge in [0.15, 0.2) is 0 Å². The molecule has 3 fully saturated rings. The Bertz CT molecular complexity index is 1440. The second kappa shape index (κ2) is 14.0. The number of benzene rings is 1. The van der Waals surface area contributed by atoms with E-state index in [0.717, 1.165) is 5.56 Å². The fraction of sp³-hybridized carbons (Fsp3) is 0.562. The molecule has 5 amide bonds. The van der Waals surface area contributed by atoms with Crippen molar-refractivity contribution in [2.24, 2.45) is 0 Å². The molecule has 3 aliphatic rings. The van der Waals surface area contributed by atoms with E-state index < -0.39 is 72.5 Å². The van der Waals surface area contributed by atoms with Crippen LogP contribution in [-0.2, 0) is 30.3 Å². The van der Waals surface area contributed by atoms with Crippen molar-refractivity contribution in [2.45, 2.75) is 82.8 Å². The number of aryl methyl sites for hydroxylation is 2. The van der Waals surface area contributed by atoms with E-state index in [-0.39, 0.29) is 37.3 Å². The Kier molecular flexibility index (Phi) is 10.1. The largest absolute Gasteiger partial charge is 0.388 e. The number of likely N-dealkylation sites (N-methyl/N-ethyl adjacent to an activating group) is 1. The Morgan fingerprint density at radius 3 is 2.50 bits per heavy atom. The minimum Gasteiger partial charge on any atom is -0.388 e. The Balaban J connectivity index is 1.50. The van der Waals surface area contributed by atoms with E-state index in [9.17, 15) is 29.1 Å². The van der Waals surface area contributed by atoms with Gasteiger partial charge in [-0.15, -0.1) is 0 Å². The van der Waals surface area contributed by atoms with Crippen molar-refractivity contribution >= 4 is 29.5 Å². The SMILES string of the molecule is Cc1noc(C)c1C(=O)N1CC(=O)N2CCC[C@H]2C(=O)N(C)[C@@H](C)C(=O)N[C@@H](Cc2ccccc2)C(=O)N[C@H]2CCO[C@H](C1)[C@H]2O. The molecule has 4 heterocycles. The zero-order chi connectivity index (χ0) is 33.1. The van der Waals surface area contributed by atoms with Crippen LogP contribution in [-0.4, -0.2) is 124 Å². The lowest BCUT2D eigenvalue weighted by molar-refractivity contribution is -0.147. The summed E-state index contributed by atoms with van der Waals surface area (Å²) in [7, 11) is 1.50. The van der Waals surface area contributed by atoms with Crippen molar-refractivity contribution in [2.75, 3.05) is 33.3 Å². The van der Waals surface area contributed by atoms with Gasteiger partial charge in [-0.3, -0.25) is 24.0 Å². The van der Waals surface area contributed by atoms with Crippen LogP contribution in [0.15, 0.2) is 34.9 Å². The van der Waals surface area contributed by atoms with E-state index in [4.69, 9.17) is 9.26 Å². The van der Waals surface area contributed by atoms with Crippen molar-refractivity contribution in [3.05, 3.63) is 52.9 Å². The average molecular weight is 639 g/mol. The normalized spacial score (nSPS) is 28.4.